The number of anilines is 1. The second-order valence-electron chi connectivity index (χ2n) is 6.77. The quantitative estimate of drug-likeness (QED) is 0.401. The molecule has 132 valence electrons. The number of nitrogens with one attached hydrogen (secondary N) is 2. The summed E-state index contributed by atoms with van der Waals surface area (Å²) in [7, 11) is 0. The number of rotatable bonds is 6. The van der Waals surface area contributed by atoms with Gasteiger partial charge in [-0.2, -0.15) is 5.10 Å². The lowest BCUT2D eigenvalue weighted by molar-refractivity contribution is 0.521. The van der Waals surface area contributed by atoms with Crippen molar-refractivity contribution in [3.05, 3.63) is 54.4 Å². The van der Waals surface area contributed by atoms with E-state index in [1.165, 1.54) is 0 Å². The maximum Gasteiger partial charge on any atom is 0.222 e. The maximum absolute atomic E-state index is 4.71. The number of hydrazone groups is 1. The molecular formula is C20H22N6. The number of nitrogens with zero attached hydrogens (tertiary/aromatic N) is 4. The predicted molar refractivity (Wildman–Crippen MR) is 106 cm³/mol. The molecule has 0 aliphatic carbocycles. The molecular weight excluding hydrogens is 324 g/mol. The molecule has 0 aliphatic rings. The number of hydrogen-bond acceptors (Lipinski definition) is 4. The van der Waals surface area contributed by atoms with Gasteiger partial charge in [0.05, 0.1) is 28.3 Å². The van der Waals surface area contributed by atoms with Crippen molar-refractivity contribution in [2.45, 2.75) is 26.8 Å². The first-order chi connectivity index (χ1) is 12.7. The van der Waals surface area contributed by atoms with Crippen LogP contribution in [0, 0.1) is 5.92 Å². The van der Waals surface area contributed by atoms with E-state index in [4.69, 9.17) is 4.98 Å². The largest absolute Gasteiger partial charge is 0.323 e. The minimum Gasteiger partial charge on any atom is -0.323 e. The van der Waals surface area contributed by atoms with E-state index < -0.39 is 0 Å². The molecule has 4 aromatic rings. The van der Waals surface area contributed by atoms with E-state index in [-0.39, 0.29) is 0 Å². The van der Waals surface area contributed by atoms with Crippen molar-refractivity contribution in [2.75, 3.05) is 5.43 Å². The van der Waals surface area contributed by atoms with Gasteiger partial charge in [0.1, 0.15) is 0 Å². The molecule has 2 heterocycles. The Balaban J connectivity index is 1.59. The van der Waals surface area contributed by atoms with Crippen LogP contribution in [0.5, 0.6) is 0 Å². The van der Waals surface area contributed by atoms with E-state index >= 15 is 0 Å². The molecule has 0 amide bonds. The fourth-order valence-corrected chi connectivity index (χ4v) is 2.97. The second-order valence-corrected chi connectivity index (χ2v) is 6.77. The van der Waals surface area contributed by atoms with Crippen molar-refractivity contribution in [1.29, 1.82) is 0 Å². The smallest absolute Gasteiger partial charge is 0.222 e. The molecule has 6 heteroatoms. The molecule has 4 rings (SSSR count). The highest BCUT2D eigenvalue weighted by atomic mass is 15.4. The number of aryl methyl sites for hydroxylation is 1. The third kappa shape index (κ3) is 3.31. The minimum absolute atomic E-state index is 0.618. The fraction of sp³-hybridized carbons (Fsp3) is 0.250. The van der Waals surface area contributed by atoms with E-state index in [1.54, 1.807) is 6.21 Å². The highest BCUT2D eigenvalue weighted by Crippen LogP contribution is 2.17. The normalized spacial score (nSPS) is 12.0. The van der Waals surface area contributed by atoms with E-state index in [0.29, 0.717) is 11.9 Å². The number of para-hydroxylation sites is 4. The zero-order valence-electron chi connectivity index (χ0n) is 15.0. The van der Waals surface area contributed by atoms with Crippen LogP contribution in [0.15, 0.2) is 53.6 Å². The predicted octanol–water partition coefficient (Wildman–Crippen LogP) is 4.40. The number of benzene rings is 2. The summed E-state index contributed by atoms with van der Waals surface area (Å²) < 4.78 is 2.22. The van der Waals surface area contributed by atoms with Gasteiger partial charge in [0, 0.05) is 6.54 Å². The lowest BCUT2D eigenvalue weighted by Gasteiger charge is -2.08. The molecule has 0 saturated heterocycles. The molecule has 0 unspecified atom stereocenters. The summed E-state index contributed by atoms with van der Waals surface area (Å²) in [5.41, 5.74) is 6.99. The third-order valence-corrected chi connectivity index (χ3v) is 4.35. The Bertz CT molecular complexity index is 1020. The number of aromatic nitrogens is 4. The van der Waals surface area contributed by atoms with Gasteiger partial charge < -0.3 is 9.55 Å². The van der Waals surface area contributed by atoms with Crippen molar-refractivity contribution in [3.8, 4) is 0 Å². The monoisotopic (exact) mass is 346 g/mol. The molecule has 0 bridgehead atoms. The van der Waals surface area contributed by atoms with Gasteiger partial charge in [-0.05, 0) is 36.6 Å². The number of fused-ring (bicyclic) bond motifs is 2. The van der Waals surface area contributed by atoms with E-state index in [9.17, 15) is 0 Å². The van der Waals surface area contributed by atoms with Crippen LogP contribution in [0.2, 0.25) is 0 Å². The van der Waals surface area contributed by atoms with Crippen LogP contribution < -0.4 is 5.43 Å². The molecule has 2 N–H and O–H groups in total. The van der Waals surface area contributed by atoms with Crippen LogP contribution in [-0.4, -0.2) is 25.7 Å². The molecule has 0 radical (unpaired) electrons. The van der Waals surface area contributed by atoms with Gasteiger partial charge >= 0.3 is 0 Å². The van der Waals surface area contributed by atoms with Crippen LogP contribution in [0.1, 0.15) is 26.1 Å². The van der Waals surface area contributed by atoms with Gasteiger partial charge in [0.15, 0.2) is 5.82 Å². The van der Waals surface area contributed by atoms with Crippen molar-refractivity contribution in [3.63, 3.8) is 0 Å². The van der Waals surface area contributed by atoms with E-state index in [2.05, 4.69) is 45.0 Å². The van der Waals surface area contributed by atoms with E-state index in [0.717, 1.165) is 40.9 Å². The van der Waals surface area contributed by atoms with Crippen molar-refractivity contribution < 1.29 is 0 Å². The van der Waals surface area contributed by atoms with E-state index in [1.807, 2.05) is 42.5 Å². The molecule has 0 fully saturated rings. The Morgan fingerprint density at radius 2 is 1.85 bits per heavy atom. The van der Waals surface area contributed by atoms with Crippen LogP contribution in [0.3, 0.4) is 0 Å². The Kier molecular flexibility index (Phi) is 4.39. The van der Waals surface area contributed by atoms with Crippen LogP contribution in [-0.2, 0) is 6.54 Å². The maximum atomic E-state index is 4.71. The third-order valence-electron chi connectivity index (χ3n) is 4.35. The number of H-pyrrole nitrogens is 1. The second kappa shape index (κ2) is 7.00. The first-order valence-corrected chi connectivity index (χ1v) is 8.90. The summed E-state index contributed by atoms with van der Waals surface area (Å²) in [6.07, 6.45) is 2.85. The molecule has 0 spiro atoms. The lowest BCUT2D eigenvalue weighted by atomic mass is 10.1. The van der Waals surface area contributed by atoms with Crippen LogP contribution in [0.4, 0.5) is 5.95 Å². The standard InChI is InChI=1S/C20H22N6/c1-14(2)11-12-26-18-10-6-5-9-17(18)22-19(26)13-21-25-20-23-15-7-3-4-8-16(15)24-20/h3-10,13-14H,11-12H2,1-2H3,(H2,23,24,25)/b21-13-. The SMILES string of the molecule is CC(C)CCn1c(/C=N\Nc2nc3ccccc3[nH]2)nc2ccccc21. The number of hydrogen-bond donors (Lipinski definition) is 2. The Hall–Kier alpha value is -3.15. The van der Waals surface area contributed by atoms with Crippen molar-refractivity contribution >= 4 is 34.2 Å². The average molecular weight is 346 g/mol. The molecule has 2 aromatic carbocycles. The van der Waals surface area contributed by atoms with Crippen molar-refractivity contribution in [2.24, 2.45) is 11.0 Å². The molecule has 26 heavy (non-hydrogen) atoms. The molecule has 0 saturated carbocycles. The summed E-state index contributed by atoms with van der Waals surface area (Å²) in [6.45, 7) is 5.39. The zero-order valence-corrected chi connectivity index (χ0v) is 15.0. The van der Waals surface area contributed by atoms with Gasteiger partial charge in [0.2, 0.25) is 5.95 Å². The first-order valence-electron chi connectivity index (χ1n) is 8.90. The van der Waals surface area contributed by atoms with Gasteiger partial charge in [-0.3, -0.25) is 0 Å². The molecule has 0 aliphatic heterocycles. The summed E-state index contributed by atoms with van der Waals surface area (Å²) >= 11 is 0. The summed E-state index contributed by atoms with van der Waals surface area (Å²) in [5.74, 6) is 2.09. The van der Waals surface area contributed by atoms with Gasteiger partial charge in [0.25, 0.3) is 0 Å². The first kappa shape index (κ1) is 16.3. The lowest BCUT2D eigenvalue weighted by Crippen LogP contribution is -2.06. The van der Waals surface area contributed by atoms with Gasteiger partial charge in [-0.25, -0.2) is 15.4 Å². The van der Waals surface area contributed by atoms with Gasteiger partial charge in [-0.15, -0.1) is 0 Å². The molecule has 6 nitrogen and oxygen atoms in total. The summed E-state index contributed by atoms with van der Waals surface area (Å²) in [4.78, 5) is 12.4. The highest BCUT2D eigenvalue weighted by Gasteiger charge is 2.09. The minimum atomic E-state index is 0.618. The highest BCUT2D eigenvalue weighted by molar-refractivity contribution is 5.85. The topological polar surface area (TPSA) is 70.9 Å². The Morgan fingerprint density at radius 3 is 2.65 bits per heavy atom. The Morgan fingerprint density at radius 1 is 1.08 bits per heavy atom. The fourth-order valence-electron chi connectivity index (χ4n) is 2.97. The molecule has 0 atom stereocenters. The average Bonchev–Trinajstić information content (AvgIpc) is 3.20. The van der Waals surface area contributed by atoms with Crippen LogP contribution in [0.25, 0.3) is 22.1 Å². The number of aromatic amines is 1. The summed E-state index contributed by atoms with van der Waals surface area (Å²) in [5, 5.41) is 4.34. The molecule has 2 aromatic heterocycles. The van der Waals surface area contributed by atoms with Crippen LogP contribution >= 0.6 is 0 Å². The van der Waals surface area contributed by atoms with Gasteiger partial charge in [-0.1, -0.05) is 38.1 Å². The summed E-state index contributed by atoms with van der Waals surface area (Å²) in [6, 6.07) is 16.1. The Labute approximate surface area is 152 Å². The zero-order chi connectivity index (χ0) is 17.9. The van der Waals surface area contributed by atoms with Crippen molar-refractivity contribution in [1.82, 2.24) is 19.5 Å². The number of imidazole rings is 2.